The van der Waals surface area contributed by atoms with Crippen LogP contribution >= 0.6 is 27.7 Å². The second-order valence-electron chi connectivity index (χ2n) is 5.75. The zero-order valence-electron chi connectivity index (χ0n) is 14.8. The van der Waals surface area contributed by atoms with Gasteiger partial charge in [0.25, 0.3) is 11.1 Å². The maximum atomic E-state index is 12.7. The van der Waals surface area contributed by atoms with Crippen molar-refractivity contribution in [2.24, 2.45) is 0 Å². The topological polar surface area (TPSA) is 79.6 Å². The summed E-state index contributed by atoms with van der Waals surface area (Å²) in [6.07, 6.45) is 1.64. The number of benzene rings is 2. The van der Waals surface area contributed by atoms with Crippen LogP contribution in [-0.4, -0.2) is 29.8 Å². The van der Waals surface area contributed by atoms with Gasteiger partial charge in [-0.2, -0.15) is 5.26 Å². The quantitative estimate of drug-likeness (QED) is 0.588. The first-order valence-electron chi connectivity index (χ1n) is 8.19. The molecule has 3 rings (SSSR count). The number of halogens is 1. The maximum Gasteiger partial charge on any atom is 0.293 e. The fraction of sp³-hybridized carbons (Fsp3) is 0.150. The average Bonchev–Trinajstić information content (AvgIpc) is 2.94. The number of nitriles is 1. The lowest BCUT2D eigenvalue weighted by molar-refractivity contribution is -0.123. The summed E-state index contributed by atoms with van der Waals surface area (Å²) in [4.78, 5) is 26.6. The molecule has 0 radical (unpaired) electrons. The van der Waals surface area contributed by atoms with E-state index in [4.69, 9.17) is 14.7 Å². The third kappa shape index (κ3) is 4.55. The van der Waals surface area contributed by atoms with E-state index in [9.17, 15) is 9.59 Å². The minimum atomic E-state index is -0.334. The number of amides is 2. The number of nitrogens with zero attached hydrogens (tertiary/aromatic N) is 2. The van der Waals surface area contributed by atoms with E-state index in [1.165, 1.54) is 12.0 Å². The Morgan fingerprint density at radius 3 is 2.75 bits per heavy atom. The minimum absolute atomic E-state index is 0.0931. The SMILES string of the molecule is COc1cc(/C=C2/SC(=O)N(Cc3cccc(Br)c3)C2=O)ccc1OCC#N. The number of carbonyl (C=O) groups is 2. The Hall–Kier alpha value is -2.76. The second-order valence-corrected chi connectivity index (χ2v) is 7.66. The van der Waals surface area contributed by atoms with Crippen LogP contribution in [0, 0.1) is 11.3 Å². The fourth-order valence-electron chi connectivity index (χ4n) is 2.61. The van der Waals surface area contributed by atoms with E-state index in [1.54, 1.807) is 24.3 Å². The van der Waals surface area contributed by atoms with Gasteiger partial charge < -0.3 is 9.47 Å². The van der Waals surface area contributed by atoms with Crippen LogP contribution < -0.4 is 9.47 Å². The van der Waals surface area contributed by atoms with Crippen LogP contribution in [-0.2, 0) is 11.3 Å². The molecule has 28 heavy (non-hydrogen) atoms. The normalized spacial score (nSPS) is 15.0. The first-order valence-corrected chi connectivity index (χ1v) is 9.80. The van der Waals surface area contributed by atoms with E-state index < -0.39 is 0 Å². The van der Waals surface area contributed by atoms with Gasteiger partial charge in [0, 0.05) is 4.47 Å². The number of hydrogen-bond acceptors (Lipinski definition) is 6. The molecule has 0 bridgehead atoms. The van der Waals surface area contributed by atoms with E-state index in [0.29, 0.717) is 22.0 Å². The van der Waals surface area contributed by atoms with Gasteiger partial charge in [-0.3, -0.25) is 14.5 Å². The number of ether oxygens (including phenoxy) is 2. The molecule has 142 valence electrons. The highest BCUT2D eigenvalue weighted by Gasteiger charge is 2.35. The number of rotatable bonds is 6. The largest absolute Gasteiger partial charge is 0.493 e. The van der Waals surface area contributed by atoms with Crippen LogP contribution in [0.25, 0.3) is 6.08 Å². The van der Waals surface area contributed by atoms with Crippen molar-refractivity contribution in [3.63, 3.8) is 0 Å². The van der Waals surface area contributed by atoms with Gasteiger partial charge in [0.1, 0.15) is 6.07 Å². The molecular formula is C20H15BrN2O4S. The van der Waals surface area contributed by atoms with E-state index in [1.807, 2.05) is 30.3 Å². The minimum Gasteiger partial charge on any atom is -0.493 e. The van der Waals surface area contributed by atoms with Crippen LogP contribution in [0.1, 0.15) is 11.1 Å². The summed E-state index contributed by atoms with van der Waals surface area (Å²) in [5, 5.41) is 8.32. The summed E-state index contributed by atoms with van der Waals surface area (Å²) >= 11 is 4.29. The number of carbonyl (C=O) groups excluding carboxylic acids is 2. The van der Waals surface area contributed by atoms with Crippen molar-refractivity contribution < 1.29 is 19.1 Å². The molecule has 1 saturated heterocycles. The molecule has 0 aliphatic carbocycles. The Labute approximate surface area is 174 Å². The summed E-state index contributed by atoms with van der Waals surface area (Å²) in [5.74, 6) is 0.542. The van der Waals surface area contributed by atoms with Gasteiger partial charge in [-0.1, -0.05) is 34.1 Å². The Morgan fingerprint density at radius 2 is 2.04 bits per heavy atom. The summed E-state index contributed by atoms with van der Waals surface area (Å²) in [7, 11) is 1.49. The molecule has 2 amide bonds. The average molecular weight is 459 g/mol. The zero-order chi connectivity index (χ0) is 20.1. The number of thioether (sulfide) groups is 1. The Kier molecular flexibility index (Phi) is 6.39. The predicted octanol–water partition coefficient (Wildman–Crippen LogP) is 4.60. The number of methoxy groups -OCH3 is 1. The van der Waals surface area contributed by atoms with Gasteiger partial charge in [0.15, 0.2) is 18.1 Å². The molecule has 1 fully saturated rings. The van der Waals surface area contributed by atoms with Gasteiger partial charge in [-0.25, -0.2) is 0 Å². The van der Waals surface area contributed by atoms with Gasteiger partial charge in [0.2, 0.25) is 0 Å². The molecule has 0 aromatic heterocycles. The van der Waals surface area contributed by atoms with Crippen LogP contribution in [0.3, 0.4) is 0 Å². The van der Waals surface area contributed by atoms with Crippen molar-refractivity contribution in [1.82, 2.24) is 4.90 Å². The molecule has 0 unspecified atom stereocenters. The van der Waals surface area contributed by atoms with Crippen LogP contribution in [0.15, 0.2) is 51.8 Å². The zero-order valence-corrected chi connectivity index (χ0v) is 17.2. The van der Waals surface area contributed by atoms with Crippen molar-refractivity contribution in [2.75, 3.05) is 13.7 Å². The predicted molar refractivity (Wildman–Crippen MR) is 110 cm³/mol. The lowest BCUT2D eigenvalue weighted by Gasteiger charge is -2.12. The Balaban J connectivity index is 1.80. The van der Waals surface area contributed by atoms with E-state index in [2.05, 4.69) is 15.9 Å². The van der Waals surface area contributed by atoms with Crippen molar-refractivity contribution in [2.45, 2.75) is 6.54 Å². The molecule has 6 nitrogen and oxygen atoms in total. The summed E-state index contributed by atoms with van der Waals surface area (Å²) in [5.41, 5.74) is 1.55. The lowest BCUT2D eigenvalue weighted by Crippen LogP contribution is -2.27. The molecule has 1 heterocycles. The molecule has 0 N–H and O–H groups in total. The smallest absolute Gasteiger partial charge is 0.293 e. The van der Waals surface area contributed by atoms with E-state index >= 15 is 0 Å². The molecule has 1 aliphatic heterocycles. The summed E-state index contributed by atoms with van der Waals surface area (Å²) in [6.45, 7) is 0.121. The van der Waals surface area contributed by atoms with Gasteiger partial charge in [-0.15, -0.1) is 0 Å². The first kappa shape index (κ1) is 20.0. The number of imide groups is 1. The third-order valence-corrected chi connectivity index (χ3v) is 5.28. The molecule has 2 aromatic carbocycles. The molecule has 0 saturated carbocycles. The fourth-order valence-corrected chi connectivity index (χ4v) is 3.89. The highest BCUT2D eigenvalue weighted by atomic mass is 79.9. The number of hydrogen-bond donors (Lipinski definition) is 0. The Bertz CT molecular complexity index is 1000. The summed E-state index contributed by atoms with van der Waals surface area (Å²) < 4.78 is 11.4. The third-order valence-electron chi connectivity index (χ3n) is 3.88. The molecule has 2 aromatic rings. The molecule has 0 atom stereocenters. The van der Waals surface area contributed by atoms with Crippen molar-refractivity contribution in [1.29, 1.82) is 5.26 Å². The lowest BCUT2D eigenvalue weighted by atomic mass is 10.1. The summed E-state index contributed by atoms with van der Waals surface area (Å²) in [6, 6.07) is 14.5. The van der Waals surface area contributed by atoms with Crippen LogP contribution in [0.2, 0.25) is 0 Å². The van der Waals surface area contributed by atoms with Gasteiger partial charge >= 0.3 is 0 Å². The highest BCUT2D eigenvalue weighted by Crippen LogP contribution is 2.35. The first-order chi connectivity index (χ1) is 13.5. The van der Waals surface area contributed by atoms with Crippen molar-refractivity contribution >= 4 is 44.9 Å². The molecule has 8 heteroatoms. The van der Waals surface area contributed by atoms with Crippen LogP contribution in [0.4, 0.5) is 4.79 Å². The maximum absolute atomic E-state index is 12.7. The Morgan fingerprint density at radius 1 is 1.21 bits per heavy atom. The highest BCUT2D eigenvalue weighted by molar-refractivity contribution is 9.10. The van der Waals surface area contributed by atoms with Crippen molar-refractivity contribution in [3.8, 4) is 17.6 Å². The van der Waals surface area contributed by atoms with Crippen molar-refractivity contribution in [3.05, 3.63) is 63.0 Å². The van der Waals surface area contributed by atoms with E-state index in [0.717, 1.165) is 21.8 Å². The molecule has 1 aliphatic rings. The second kappa shape index (κ2) is 8.95. The van der Waals surface area contributed by atoms with Gasteiger partial charge in [-0.05, 0) is 53.2 Å². The van der Waals surface area contributed by atoms with Crippen LogP contribution in [0.5, 0.6) is 11.5 Å². The van der Waals surface area contributed by atoms with E-state index in [-0.39, 0.29) is 24.3 Å². The molecular weight excluding hydrogens is 444 g/mol. The van der Waals surface area contributed by atoms with Gasteiger partial charge in [0.05, 0.1) is 18.6 Å². The standard InChI is InChI=1S/C20H15BrN2O4S/c1-26-17-10-13(5-6-16(17)27-8-7-22)11-18-19(24)23(20(25)28-18)12-14-3-2-4-15(21)9-14/h2-6,9-11H,8,12H2,1H3/b18-11+. The monoisotopic (exact) mass is 458 g/mol. The molecule has 0 spiro atoms.